The Bertz CT molecular complexity index is 1940. The predicted molar refractivity (Wildman–Crippen MR) is 202 cm³/mol. The summed E-state index contributed by atoms with van der Waals surface area (Å²) in [5, 5.41) is 9.22. The van der Waals surface area contributed by atoms with Crippen LogP contribution in [0.3, 0.4) is 0 Å². The van der Waals surface area contributed by atoms with Crippen molar-refractivity contribution in [3.05, 3.63) is 126 Å². The maximum Gasteiger partial charge on any atom is 0.123 e. The van der Waals surface area contributed by atoms with Gasteiger partial charge in [0.1, 0.15) is 5.82 Å². The van der Waals surface area contributed by atoms with E-state index in [-0.39, 0.29) is 5.82 Å². The van der Waals surface area contributed by atoms with Crippen molar-refractivity contribution in [1.82, 2.24) is 14.9 Å². The summed E-state index contributed by atoms with van der Waals surface area (Å²) >= 11 is 0. The lowest BCUT2D eigenvalue weighted by molar-refractivity contribution is 0.0170. The minimum absolute atomic E-state index is 0.213. The van der Waals surface area contributed by atoms with Crippen LogP contribution < -0.4 is 15.5 Å². The van der Waals surface area contributed by atoms with Crippen LogP contribution in [0.1, 0.15) is 11.1 Å². The van der Waals surface area contributed by atoms with Crippen LogP contribution in [0, 0.1) is 5.82 Å². The summed E-state index contributed by atoms with van der Waals surface area (Å²) in [5.41, 5.74) is 8.74. The van der Waals surface area contributed by atoms with E-state index in [2.05, 4.69) is 105 Å². The second-order valence-electron chi connectivity index (χ2n) is 12.4. The van der Waals surface area contributed by atoms with Crippen LogP contribution in [0.2, 0.25) is 0 Å². The molecule has 0 atom stereocenters. The Morgan fingerprint density at radius 1 is 0.740 bits per heavy atom. The molecule has 6 rings (SSSR count). The van der Waals surface area contributed by atoms with Crippen LogP contribution in [0.25, 0.3) is 33.1 Å². The van der Waals surface area contributed by atoms with Gasteiger partial charge in [-0.1, -0.05) is 42.5 Å². The fourth-order valence-corrected chi connectivity index (χ4v) is 5.87. The fourth-order valence-electron chi connectivity index (χ4n) is 5.87. The van der Waals surface area contributed by atoms with Gasteiger partial charge in [0.2, 0.25) is 0 Å². The third kappa shape index (κ3) is 9.67. The lowest BCUT2D eigenvalue weighted by Crippen LogP contribution is -2.20. The van der Waals surface area contributed by atoms with E-state index in [4.69, 9.17) is 19.2 Å². The van der Waals surface area contributed by atoms with E-state index in [1.807, 2.05) is 26.2 Å². The molecule has 6 aromatic rings. The van der Waals surface area contributed by atoms with Crippen LogP contribution in [-0.4, -0.2) is 76.4 Å². The lowest BCUT2D eigenvalue weighted by Gasteiger charge is -2.13. The number of fused-ring (bicyclic) bond motifs is 2. The predicted octanol–water partition coefficient (Wildman–Crippen LogP) is 7.36. The number of benzene rings is 4. The molecule has 0 saturated heterocycles. The van der Waals surface area contributed by atoms with Crippen LogP contribution in [0.15, 0.2) is 109 Å². The van der Waals surface area contributed by atoms with Gasteiger partial charge >= 0.3 is 0 Å². The second kappa shape index (κ2) is 17.7. The topological polar surface area (TPSA) is 72.8 Å². The number of aromatic nitrogens is 2. The van der Waals surface area contributed by atoms with Crippen LogP contribution in [0.5, 0.6) is 0 Å². The first-order valence-corrected chi connectivity index (χ1v) is 17.2. The van der Waals surface area contributed by atoms with Crippen molar-refractivity contribution < 1.29 is 18.6 Å². The molecular formula is C41H46FN5O3. The average Bonchev–Trinajstić information content (AvgIpc) is 3.55. The molecule has 0 saturated carbocycles. The molecule has 0 fully saturated rings. The van der Waals surface area contributed by atoms with Crippen LogP contribution in [0.4, 0.5) is 15.8 Å². The molecule has 0 radical (unpaired) electrons. The SMILES string of the molecule is CN(C)c1ccc(-c2ccc3cc(NCCOCCOCCOCCNCc4cccc5c4ccn5Cc4ccc(F)cc4)ccc3n2)cc1. The molecule has 2 heterocycles. The highest BCUT2D eigenvalue weighted by molar-refractivity contribution is 5.85. The standard InChI is InChI=1S/C41H46FN5O3/c1-46(2)37-14-8-32(9-15-37)39-16-10-33-28-36(13-17-40(33)45-39)44-20-23-49-25-27-50-26-24-48-22-19-43-29-34-4-3-5-41-38(34)18-21-47(41)30-31-6-11-35(42)12-7-31/h3-18,21,28,43-44H,19-20,22-27,29-30H2,1-2H3. The molecule has 260 valence electrons. The Kier molecular flexibility index (Phi) is 12.4. The molecule has 9 heteroatoms. The van der Waals surface area contributed by atoms with Crippen LogP contribution in [-0.2, 0) is 27.3 Å². The van der Waals surface area contributed by atoms with Crippen molar-refractivity contribution >= 4 is 33.2 Å². The highest BCUT2D eigenvalue weighted by Gasteiger charge is 2.07. The molecule has 0 aliphatic heterocycles. The van der Waals surface area contributed by atoms with Gasteiger partial charge in [-0.3, -0.25) is 0 Å². The number of ether oxygens (including phenoxy) is 3. The largest absolute Gasteiger partial charge is 0.383 e. The zero-order valence-electron chi connectivity index (χ0n) is 28.9. The van der Waals surface area contributed by atoms with Gasteiger partial charge in [-0.15, -0.1) is 0 Å². The van der Waals surface area contributed by atoms with Crippen molar-refractivity contribution in [2.24, 2.45) is 0 Å². The summed E-state index contributed by atoms with van der Waals surface area (Å²) in [6.07, 6.45) is 2.09. The molecule has 2 N–H and O–H groups in total. The monoisotopic (exact) mass is 675 g/mol. The summed E-state index contributed by atoms with van der Waals surface area (Å²) in [7, 11) is 4.08. The molecular weight excluding hydrogens is 629 g/mol. The van der Waals surface area contributed by atoms with Gasteiger partial charge in [-0.2, -0.15) is 0 Å². The molecule has 50 heavy (non-hydrogen) atoms. The van der Waals surface area contributed by atoms with Gasteiger partial charge in [-0.25, -0.2) is 9.37 Å². The van der Waals surface area contributed by atoms with E-state index in [0.717, 1.165) is 46.5 Å². The van der Waals surface area contributed by atoms with E-state index in [1.165, 1.54) is 34.3 Å². The Balaban J connectivity index is 0.794. The molecule has 2 aromatic heterocycles. The van der Waals surface area contributed by atoms with Gasteiger partial charge in [0.25, 0.3) is 0 Å². The van der Waals surface area contributed by atoms with E-state index in [0.29, 0.717) is 52.7 Å². The van der Waals surface area contributed by atoms with E-state index < -0.39 is 0 Å². The number of hydrogen-bond donors (Lipinski definition) is 2. The number of hydrogen-bond acceptors (Lipinski definition) is 7. The summed E-state index contributed by atoms with van der Waals surface area (Å²) in [6.45, 7) is 6.30. The average molecular weight is 676 g/mol. The third-order valence-corrected chi connectivity index (χ3v) is 8.60. The summed E-state index contributed by atoms with van der Waals surface area (Å²) in [4.78, 5) is 6.95. The molecule has 0 amide bonds. The van der Waals surface area contributed by atoms with E-state index >= 15 is 0 Å². The molecule has 0 spiro atoms. The third-order valence-electron chi connectivity index (χ3n) is 8.60. The minimum atomic E-state index is -0.213. The Labute approximate surface area is 293 Å². The molecule has 0 bridgehead atoms. The smallest absolute Gasteiger partial charge is 0.123 e. The Hall–Kier alpha value is -4.80. The summed E-state index contributed by atoms with van der Waals surface area (Å²) < 4.78 is 32.6. The highest BCUT2D eigenvalue weighted by Crippen LogP contribution is 2.25. The summed E-state index contributed by atoms with van der Waals surface area (Å²) in [5.74, 6) is -0.213. The number of nitrogens with zero attached hydrogens (tertiary/aromatic N) is 3. The molecule has 8 nitrogen and oxygen atoms in total. The second-order valence-corrected chi connectivity index (χ2v) is 12.4. The summed E-state index contributed by atoms with van der Waals surface area (Å²) in [6, 6.07) is 34.1. The van der Waals surface area contributed by atoms with Crippen molar-refractivity contribution in [1.29, 1.82) is 0 Å². The molecule has 0 aliphatic rings. The number of pyridine rings is 1. The maximum atomic E-state index is 13.3. The fraction of sp³-hybridized carbons (Fsp3) is 0.293. The number of anilines is 2. The first-order valence-electron chi connectivity index (χ1n) is 17.2. The van der Waals surface area contributed by atoms with Gasteiger partial charge in [0, 0.05) is 79.7 Å². The normalized spacial score (nSPS) is 11.4. The van der Waals surface area contributed by atoms with Gasteiger partial charge in [0.05, 0.1) is 50.9 Å². The van der Waals surface area contributed by atoms with Gasteiger partial charge < -0.3 is 34.3 Å². The first-order chi connectivity index (χ1) is 24.5. The minimum Gasteiger partial charge on any atom is -0.383 e. The molecule has 4 aromatic carbocycles. The zero-order valence-corrected chi connectivity index (χ0v) is 28.9. The molecule has 0 aliphatic carbocycles. The van der Waals surface area contributed by atoms with Crippen molar-refractivity contribution in [2.45, 2.75) is 13.1 Å². The van der Waals surface area contributed by atoms with Crippen molar-refractivity contribution in [3.8, 4) is 11.3 Å². The highest BCUT2D eigenvalue weighted by atomic mass is 19.1. The van der Waals surface area contributed by atoms with E-state index in [1.54, 1.807) is 0 Å². The van der Waals surface area contributed by atoms with Crippen molar-refractivity contribution in [3.63, 3.8) is 0 Å². The maximum absolute atomic E-state index is 13.3. The first kappa shape index (κ1) is 35.0. The Morgan fingerprint density at radius 2 is 1.48 bits per heavy atom. The Morgan fingerprint density at radius 3 is 2.24 bits per heavy atom. The van der Waals surface area contributed by atoms with Gasteiger partial charge in [0.15, 0.2) is 0 Å². The van der Waals surface area contributed by atoms with Gasteiger partial charge in [-0.05, 0) is 71.8 Å². The van der Waals surface area contributed by atoms with Crippen molar-refractivity contribution in [2.75, 3.05) is 77.0 Å². The van der Waals surface area contributed by atoms with Crippen LogP contribution >= 0.6 is 0 Å². The van der Waals surface area contributed by atoms with E-state index in [9.17, 15) is 4.39 Å². The quantitative estimate of drug-likeness (QED) is 0.0870. The zero-order chi connectivity index (χ0) is 34.5. The number of rotatable bonds is 19. The number of nitrogens with one attached hydrogen (secondary N) is 2. The lowest BCUT2D eigenvalue weighted by atomic mass is 10.1. The molecule has 0 unspecified atom stereocenters. The number of halogens is 1.